The van der Waals surface area contributed by atoms with Gasteiger partial charge in [0, 0.05) is 11.5 Å². The van der Waals surface area contributed by atoms with Crippen LogP contribution in [-0.4, -0.2) is 22.5 Å². The van der Waals surface area contributed by atoms with E-state index in [1.54, 1.807) is 0 Å². The number of rotatable bonds is 5. The molecule has 0 aromatic carbocycles. The van der Waals surface area contributed by atoms with E-state index in [-0.39, 0.29) is 24.2 Å². The fourth-order valence-electron chi connectivity index (χ4n) is 4.75. The quantitative estimate of drug-likeness (QED) is 0.811. The van der Waals surface area contributed by atoms with Gasteiger partial charge in [0.05, 0.1) is 6.42 Å². The summed E-state index contributed by atoms with van der Waals surface area (Å²) in [6.07, 6.45) is 3.92. The molecule has 5 unspecified atom stereocenters. The number of fused-ring (bicyclic) bond motifs is 5. The van der Waals surface area contributed by atoms with Crippen LogP contribution in [0.3, 0.4) is 0 Å². The Hall–Kier alpha value is -1.06. The Morgan fingerprint density at radius 3 is 2.25 bits per heavy atom. The molecule has 20 heavy (non-hydrogen) atoms. The number of amides is 1. The first kappa shape index (κ1) is 13.9. The normalized spacial score (nSPS) is 40.3. The molecular formula is C16H25NO3. The summed E-state index contributed by atoms with van der Waals surface area (Å²) in [5, 5.41) is 12.1. The van der Waals surface area contributed by atoms with Gasteiger partial charge < -0.3 is 10.4 Å². The first-order valence-electron chi connectivity index (χ1n) is 7.87. The van der Waals surface area contributed by atoms with E-state index in [4.69, 9.17) is 5.11 Å². The highest BCUT2D eigenvalue weighted by molar-refractivity contribution is 5.84. The van der Waals surface area contributed by atoms with Crippen LogP contribution in [-0.2, 0) is 9.59 Å². The first-order valence-corrected chi connectivity index (χ1v) is 7.87. The SMILES string of the molecule is CC(C)C(C)(CC(=O)O)NC(=O)C1C2C3CCC(C3)C12. The lowest BCUT2D eigenvalue weighted by Crippen LogP contribution is -2.52. The van der Waals surface area contributed by atoms with Crippen molar-refractivity contribution in [1.29, 1.82) is 0 Å². The summed E-state index contributed by atoms with van der Waals surface area (Å²) in [7, 11) is 0. The highest BCUT2D eigenvalue weighted by Gasteiger charge is 2.67. The van der Waals surface area contributed by atoms with Crippen LogP contribution in [0.25, 0.3) is 0 Å². The maximum Gasteiger partial charge on any atom is 0.305 e. The van der Waals surface area contributed by atoms with Gasteiger partial charge >= 0.3 is 5.97 Å². The Morgan fingerprint density at radius 1 is 1.25 bits per heavy atom. The van der Waals surface area contributed by atoms with E-state index < -0.39 is 11.5 Å². The van der Waals surface area contributed by atoms with Gasteiger partial charge in [-0.15, -0.1) is 0 Å². The Labute approximate surface area is 120 Å². The molecule has 0 aromatic heterocycles. The molecule has 112 valence electrons. The van der Waals surface area contributed by atoms with Crippen LogP contribution in [0.5, 0.6) is 0 Å². The van der Waals surface area contributed by atoms with Gasteiger partial charge in [0.2, 0.25) is 5.91 Å². The number of aliphatic carboxylic acids is 1. The van der Waals surface area contributed by atoms with Crippen LogP contribution in [0.1, 0.15) is 46.5 Å². The van der Waals surface area contributed by atoms with Crippen LogP contribution < -0.4 is 5.32 Å². The fourth-order valence-corrected chi connectivity index (χ4v) is 4.75. The number of hydrogen-bond donors (Lipinski definition) is 2. The summed E-state index contributed by atoms with van der Waals surface area (Å²) in [6, 6.07) is 0. The third-order valence-electron chi connectivity index (χ3n) is 6.24. The molecule has 4 nitrogen and oxygen atoms in total. The molecule has 3 saturated carbocycles. The lowest BCUT2D eigenvalue weighted by Gasteiger charge is -2.34. The van der Waals surface area contributed by atoms with Gasteiger partial charge in [-0.05, 0) is 55.8 Å². The Morgan fingerprint density at radius 2 is 1.80 bits per heavy atom. The number of carboxylic acid groups (broad SMARTS) is 1. The van der Waals surface area contributed by atoms with Crippen molar-refractivity contribution in [2.45, 2.75) is 52.0 Å². The monoisotopic (exact) mass is 279 g/mol. The minimum Gasteiger partial charge on any atom is -0.481 e. The van der Waals surface area contributed by atoms with Crippen molar-refractivity contribution < 1.29 is 14.7 Å². The number of hydrogen-bond acceptors (Lipinski definition) is 2. The summed E-state index contributed by atoms with van der Waals surface area (Å²) in [6.45, 7) is 5.80. The van der Waals surface area contributed by atoms with E-state index in [2.05, 4.69) is 5.32 Å². The van der Waals surface area contributed by atoms with Crippen LogP contribution >= 0.6 is 0 Å². The average molecular weight is 279 g/mol. The fraction of sp³-hybridized carbons (Fsp3) is 0.875. The van der Waals surface area contributed by atoms with Gasteiger partial charge in [0.25, 0.3) is 0 Å². The molecule has 0 spiro atoms. The number of carbonyl (C=O) groups excluding carboxylic acids is 1. The Kier molecular flexibility index (Phi) is 3.11. The van der Waals surface area contributed by atoms with Crippen LogP contribution in [0, 0.1) is 35.5 Å². The van der Waals surface area contributed by atoms with Crippen LogP contribution in [0.2, 0.25) is 0 Å². The second-order valence-electron chi connectivity index (χ2n) is 7.65. The molecule has 5 atom stereocenters. The summed E-state index contributed by atoms with van der Waals surface area (Å²) >= 11 is 0. The summed E-state index contributed by atoms with van der Waals surface area (Å²) in [4.78, 5) is 23.6. The molecule has 0 aliphatic heterocycles. The van der Waals surface area contributed by atoms with Crippen LogP contribution in [0.15, 0.2) is 0 Å². The molecular weight excluding hydrogens is 254 g/mol. The molecule has 0 aromatic rings. The minimum absolute atomic E-state index is 0.00861. The van der Waals surface area contributed by atoms with E-state index in [9.17, 15) is 9.59 Å². The van der Waals surface area contributed by atoms with E-state index in [0.29, 0.717) is 11.8 Å². The lowest BCUT2D eigenvalue weighted by molar-refractivity contribution is -0.139. The number of carbonyl (C=O) groups is 2. The zero-order valence-corrected chi connectivity index (χ0v) is 12.6. The zero-order chi connectivity index (χ0) is 14.7. The van der Waals surface area contributed by atoms with Crippen molar-refractivity contribution in [2.24, 2.45) is 35.5 Å². The molecule has 2 N–H and O–H groups in total. The predicted octanol–water partition coefficient (Wildman–Crippen LogP) is 2.28. The topological polar surface area (TPSA) is 66.4 Å². The third-order valence-corrected chi connectivity index (χ3v) is 6.24. The van der Waals surface area contributed by atoms with Gasteiger partial charge in [-0.1, -0.05) is 13.8 Å². The van der Waals surface area contributed by atoms with Gasteiger partial charge in [-0.25, -0.2) is 0 Å². The molecule has 3 aliphatic carbocycles. The van der Waals surface area contributed by atoms with Crippen LogP contribution in [0.4, 0.5) is 0 Å². The van der Waals surface area contributed by atoms with Gasteiger partial charge in [0.1, 0.15) is 0 Å². The zero-order valence-electron chi connectivity index (χ0n) is 12.6. The van der Waals surface area contributed by atoms with E-state index >= 15 is 0 Å². The second kappa shape index (κ2) is 4.47. The molecule has 4 heteroatoms. The maximum atomic E-state index is 12.5. The molecule has 2 bridgehead atoms. The molecule has 3 aliphatic rings. The number of carboxylic acids is 1. The van der Waals surface area contributed by atoms with Crippen molar-refractivity contribution >= 4 is 11.9 Å². The number of nitrogens with one attached hydrogen (secondary N) is 1. The smallest absolute Gasteiger partial charge is 0.305 e. The maximum absolute atomic E-state index is 12.5. The molecule has 1 amide bonds. The summed E-state index contributed by atoms with van der Waals surface area (Å²) < 4.78 is 0. The van der Waals surface area contributed by atoms with Crippen molar-refractivity contribution in [1.82, 2.24) is 5.32 Å². The van der Waals surface area contributed by atoms with E-state index in [1.807, 2.05) is 20.8 Å². The predicted molar refractivity (Wildman–Crippen MR) is 74.9 cm³/mol. The van der Waals surface area contributed by atoms with Crippen molar-refractivity contribution in [2.75, 3.05) is 0 Å². The lowest BCUT2D eigenvalue weighted by atomic mass is 9.84. The largest absolute Gasteiger partial charge is 0.481 e. The van der Waals surface area contributed by atoms with Gasteiger partial charge in [0.15, 0.2) is 0 Å². The molecule has 0 heterocycles. The standard InChI is InChI=1S/C16H25NO3/c1-8(2)16(3,7-11(18)19)17-15(20)14-12-9-4-5-10(6-9)13(12)14/h8-10,12-14H,4-7H2,1-3H3,(H,17,20)(H,18,19). The van der Waals surface area contributed by atoms with Crippen molar-refractivity contribution in [3.63, 3.8) is 0 Å². The van der Waals surface area contributed by atoms with Crippen molar-refractivity contribution in [3.05, 3.63) is 0 Å². The Bertz CT molecular complexity index is 431. The van der Waals surface area contributed by atoms with Gasteiger partial charge in [-0.2, -0.15) is 0 Å². The first-order chi connectivity index (χ1) is 9.33. The average Bonchev–Trinajstić information content (AvgIpc) is 2.78. The molecule has 0 radical (unpaired) electrons. The highest BCUT2D eigenvalue weighted by Crippen LogP contribution is 2.69. The second-order valence-corrected chi connectivity index (χ2v) is 7.65. The molecule has 3 rings (SSSR count). The van der Waals surface area contributed by atoms with Gasteiger partial charge in [-0.3, -0.25) is 9.59 Å². The summed E-state index contributed by atoms with van der Waals surface area (Å²) in [5.74, 6) is 2.29. The van der Waals surface area contributed by atoms with Crippen molar-refractivity contribution in [3.8, 4) is 0 Å². The molecule has 3 fully saturated rings. The highest BCUT2D eigenvalue weighted by atomic mass is 16.4. The molecule has 0 saturated heterocycles. The minimum atomic E-state index is -0.849. The van der Waals surface area contributed by atoms with E-state index in [0.717, 1.165) is 11.8 Å². The van der Waals surface area contributed by atoms with E-state index in [1.165, 1.54) is 19.3 Å². The summed E-state index contributed by atoms with van der Waals surface area (Å²) in [5.41, 5.74) is -0.640. The third kappa shape index (κ3) is 2.04. The Balaban J connectivity index is 1.65.